The van der Waals surface area contributed by atoms with E-state index in [1.54, 1.807) is 24.3 Å². The minimum absolute atomic E-state index is 0.243. The van der Waals surface area contributed by atoms with E-state index in [0.29, 0.717) is 0 Å². The van der Waals surface area contributed by atoms with Crippen molar-refractivity contribution >= 4 is 15.9 Å². The Morgan fingerprint density at radius 1 is 0.571 bits per heavy atom. The van der Waals surface area contributed by atoms with Crippen molar-refractivity contribution in [3.8, 4) is 22.6 Å². The molecule has 1 aliphatic rings. The lowest BCUT2D eigenvalue weighted by Crippen LogP contribution is -2.28. The Kier molecular flexibility index (Phi) is 3.81. The molecule has 0 atom stereocenters. The van der Waals surface area contributed by atoms with E-state index < -0.39 is 5.41 Å². The first-order valence-corrected chi connectivity index (χ1v) is 9.89. The number of phenolic OH excluding ortho intramolecular Hbond substituents is 2. The van der Waals surface area contributed by atoms with Crippen molar-refractivity contribution in [1.82, 2.24) is 0 Å². The van der Waals surface area contributed by atoms with Gasteiger partial charge in [0.1, 0.15) is 11.5 Å². The molecule has 2 N–H and O–H groups in total. The van der Waals surface area contributed by atoms with Crippen molar-refractivity contribution in [2.24, 2.45) is 0 Å². The van der Waals surface area contributed by atoms with Crippen LogP contribution in [0.15, 0.2) is 95.5 Å². The lowest BCUT2D eigenvalue weighted by Gasteiger charge is -2.33. The Labute approximate surface area is 171 Å². The maximum absolute atomic E-state index is 9.88. The molecule has 4 aromatic carbocycles. The average molecular weight is 429 g/mol. The molecule has 0 aromatic heterocycles. The third kappa shape index (κ3) is 2.33. The smallest absolute Gasteiger partial charge is 0.115 e. The van der Waals surface area contributed by atoms with Crippen LogP contribution in [0.3, 0.4) is 0 Å². The molecule has 3 heteroatoms. The Balaban J connectivity index is 1.95. The van der Waals surface area contributed by atoms with Gasteiger partial charge >= 0.3 is 0 Å². The second-order valence-corrected chi connectivity index (χ2v) is 7.99. The predicted molar refractivity (Wildman–Crippen MR) is 115 cm³/mol. The summed E-state index contributed by atoms with van der Waals surface area (Å²) in [6.07, 6.45) is 0. The molecule has 5 rings (SSSR count). The van der Waals surface area contributed by atoms with Crippen molar-refractivity contribution in [3.05, 3.63) is 118 Å². The van der Waals surface area contributed by atoms with Crippen molar-refractivity contribution in [1.29, 1.82) is 0 Å². The lowest BCUT2D eigenvalue weighted by molar-refractivity contribution is 0.475. The van der Waals surface area contributed by atoms with Gasteiger partial charge in [0.25, 0.3) is 0 Å². The summed E-state index contributed by atoms with van der Waals surface area (Å²) in [6, 6.07) is 29.7. The first-order valence-electron chi connectivity index (χ1n) is 9.09. The Morgan fingerprint density at radius 3 is 1.71 bits per heavy atom. The molecule has 4 aromatic rings. The van der Waals surface area contributed by atoms with Gasteiger partial charge in [-0.25, -0.2) is 0 Å². The Hall–Kier alpha value is -3.04. The Bertz CT molecular complexity index is 1130. The molecule has 0 amide bonds. The number of benzene rings is 4. The van der Waals surface area contributed by atoms with Gasteiger partial charge in [-0.2, -0.15) is 0 Å². The highest BCUT2D eigenvalue weighted by molar-refractivity contribution is 9.10. The molecule has 2 nitrogen and oxygen atoms in total. The zero-order chi connectivity index (χ0) is 19.3. The van der Waals surface area contributed by atoms with Gasteiger partial charge in [0.2, 0.25) is 0 Å². The van der Waals surface area contributed by atoms with Gasteiger partial charge in [0, 0.05) is 4.47 Å². The molecule has 28 heavy (non-hydrogen) atoms. The Morgan fingerprint density at radius 2 is 1.11 bits per heavy atom. The van der Waals surface area contributed by atoms with Gasteiger partial charge in [-0.05, 0) is 69.8 Å². The average Bonchev–Trinajstić information content (AvgIpc) is 3.00. The van der Waals surface area contributed by atoms with Gasteiger partial charge in [0.05, 0.1) is 5.41 Å². The highest BCUT2D eigenvalue weighted by Gasteiger charge is 2.45. The third-order valence-corrected chi connectivity index (χ3v) is 6.10. The second-order valence-electron chi connectivity index (χ2n) is 7.08. The van der Waals surface area contributed by atoms with Gasteiger partial charge < -0.3 is 10.2 Å². The predicted octanol–water partition coefficient (Wildman–Crippen LogP) is 6.22. The van der Waals surface area contributed by atoms with Crippen LogP contribution in [0.4, 0.5) is 0 Å². The van der Waals surface area contributed by atoms with Crippen molar-refractivity contribution in [3.63, 3.8) is 0 Å². The van der Waals surface area contributed by atoms with Crippen LogP contribution in [0.1, 0.15) is 22.3 Å². The van der Waals surface area contributed by atoms with Crippen LogP contribution in [0.5, 0.6) is 11.5 Å². The van der Waals surface area contributed by atoms with E-state index in [0.717, 1.165) is 15.6 Å². The van der Waals surface area contributed by atoms with Crippen LogP contribution in [0, 0.1) is 0 Å². The number of hydrogen-bond donors (Lipinski definition) is 2. The minimum Gasteiger partial charge on any atom is -0.508 e. The molecule has 0 radical (unpaired) electrons. The van der Waals surface area contributed by atoms with Crippen LogP contribution in [0.2, 0.25) is 0 Å². The fourth-order valence-corrected chi connectivity index (χ4v) is 4.83. The summed E-state index contributed by atoms with van der Waals surface area (Å²) in [5.74, 6) is 0.485. The van der Waals surface area contributed by atoms with Gasteiger partial charge in [-0.1, -0.05) is 70.5 Å². The largest absolute Gasteiger partial charge is 0.508 e. The van der Waals surface area contributed by atoms with E-state index in [2.05, 4.69) is 58.4 Å². The molecule has 0 aliphatic heterocycles. The van der Waals surface area contributed by atoms with E-state index >= 15 is 0 Å². The van der Waals surface area contributed by atoms with Gasteiger partial charge in [0.15, 0.2) is 0 Å². The highest BCUT2D eigenvalue weighted by Crippen LogP contribution is 2.56. The third-order valence-electron chi connectivity index (χ3n) is 5.61. The number of hydrogen-bond acceptors (Lipinski definition) is 2. The van der Waals surface area contributed by atoms with Crippen LogP contribution < -0.4 is 0 Å². The van der Waals surface area contributed by atoms with Crippen LogP contribution >= 0.6 is 15.9 Å². The molecule has 0 bridgehead atoms. The highest BCUT2D eigenvalue weighted by atomic mass is 79.9. The summed E-state index contributed by atoms with van der Waals surface area (Å²) in [6.45, 7) is 0. The molecular formula is C25H17BrO2. The molecule has 0 unspecified atom stereocenters. The van der Waals surface area contributed by atoms with Crippen molar-refractivity contribution in [2.45, 2.75) is 5.41 Å². The summed E-state index contributed by atoms with van der Waals surface area (Å²) in [5, 5.41) is 19.8. The van der Waals surface area contributed by atoms with Crippen molar-refractivity contribution < 1.29 is 10.2 Å². The molecule has 0 saturated carbocycles. The summed E-state index contributed by atoms with van der Waals surface area (Å²) < 4.78 is 1.04. The van der Waals surface area contributed by atoms with E-state index in [1.165, 1.54) is 22.3 Å². The summed E-state index contributed by atoms with van der Waals surface area (Å²) in [5.41, 5.74) is 6.39. The molecular weight excluding hydrogens is 412 g/mol. The number of aromatic hydroxyl groups is 2. The summed E-state index contributed by atoms with van der Waals surface area (Å²) >= 11 is 3.62. The zero-order valence-electron chi connectivity index (χ0n) is 14.9. The standard InChI is InChI=1S/C25H17BrO2/c26-18-9-14-24-22(15-18)21-3-1-2-4-23(21)25(24,16-5-10-19(27)11-6-16)17-7-12-20(28)13-8-17/h1-15,27-28H. The topological polar surface area (TPSA) is 40.5 Å². The van der Waals surface area contributed by atoms with Crippen LogP contribution in [0.25, 0.3) is 11.1 Å². The maximum Gasteiger partial charge on any atom is 0.115 e. The minimum atomic E-state index is -0.520. The number of fused-ring (bicyclic) bond motifs is 3. The summed E-state index contributed by atoms with van der Waals surface area (Å²) in [7, 11) is 0. The van der Waals surface area contributed by atoms with Gasteiger partial charge in [-0.3, -0.25) is 0 Å². The quantitative estimate of drug-likeness (QED) is 0.350. The SMILES string of the molecule is Oc1ccc(C2(c3ccc(O)cc3)c3ccccc3-c3cc(Br)ccc32)cc1. The normalized spacial score (nSPS) is 13.8. The van der Waals surface area contributed by atoms with E-state index in [-0.39, 0.29) is 11.5 Å². The monoisotopic (exact) mass is 428 g/mol. The molecule has 1 aliphatic carbocycles. The van der Waals surface area contributed by atoms with E-state index in [1.807, 2.05) is 24.3 Å². The fourth-order valence-electron chi connectivity index (χ4n) is 4.47. The summed E-state index contributed by atoms with van der Waals surface area (Å²) in [4.78, 5) is 0. The van der Waals surface area contributed by atoms with Gasteiger partial charge in [-0.15, -0.1) is 0 Å². The first kappa shape index (κ1) is 17.1. The number of rotatable bonds is 2. The number of halogens is 1. The maximum atomic E-state index is 9.88. The molecule has 136 valence electrons. The lowest BCUT2D eigenvalue weighted by atomic mass is 9.68. The van der Waals surface area contributed by atoms with Crippen LogP contribution in [-0.4, -0.2) is 10.2 Å². The molecule has 0 saturated heterocycles. The second kappa shape index (κ2) is 6.25. The number of phenols is 2. The van der Waals surface area contributed by atoms with E-state index in [4.69, 9.17) is 0 Å². The fraction of sp³-hybridized carbons (Fsp3) is 0.0400. The van der Waals surface area contributed by atoms with Crippen molar-refractivity contribution in [2.75, 3.05) is 0 Å². The molecule has 0 heterocycles. The van der Waals surface area contributed by atoms with E-state index in [9.17, 15) is 10.2 Å². The molecule has 0 spiro atoms. The molecule has 0 fully saturated rings. The zero-order valence-corrected chi connectivity index (χ0v) is 16.5. The first-order chi connectivity index (χ1) is 13.6. The van der Waals surface area contributed by atoms with Crippen LogP contribution in [-0.2, 0) is 5.41 Å².